The first-order valence-electron chi connectivity index (χ1n) is 5.23. The fourth-order valence-corrected chi connectivity index (χ4v) is 1.88. The van der Waals surface area contributed by atoms with Gasteiger partial charge in [-0.05, 0) is 11.6 Å². The van der Waals surface area contributed by atoms with Crippen LogP contribution in [0.4, 0.5) is 0 Å². The number of morpholine rings is 1. The molecule has 2 rings (SSSR count). The van der Waals surface area contributed by atoms with Crippen LogP contribution < -0.4 is 0 Å². The van der Waals surface area contributed by atoms with Gasteiger partial charge in [-0.3, -0.25) is 14.7 Å². The van der Waals surface area contributed by atoms with Crippen molar-refractivity contribution in [2.24, 2.45) is 0 Å². The van der Waals surface area contributed by atoms with E-state index in [-0.39, 0.29) is 0 Å². The molecule has 5 heteroatoms. The van der Waals surface area contributed by atoms with E-state index in [1.807, 2.05) is 4.90 Å². The van der Waals surface area contributed by atoms with Gasteiger partial charge in [-0.15, -0.1) is 0 Å². The van der Waals surface area contributed by atoms with E-state index in [0.717, 1.165) is 5.56 Å². The first-order valence-corrected chi connectivity index (χ1v) is 5.23. The normalized spacial score (nSPS) is 19.2. The molecule has 1 aromatic heterocycles. The summed E-state index contributed by atoms with van der Waals surface area (Å²) < 4.78 is 5.22. The van der Waals surface area contributed by atoms with Crippen LogP contribution in [0.1, 0.15) is 11.6 Å². The van der Waals surface area contributed by atoms with Gasteiger partial charge in [-0.2, -0.15) is 0 Å². The molecule has 2 heterocycles. The number of carbonyl (C=O) groups is 1. The molecule has 1 fully saturated rings. The highest BCUT2D eigenvalue weighted by Crippen LogP contribution is 2.21. The Bertz CT molecular complexity index is 350. The maximum absolute atomic E-state index is 11.3. The Morgan fingerprint density at radius 1 is 1.50 bits per heavy atom. The molecule has 0 aliphatic carbocycles. The van der Waals surface area contributed by atoms with Gasteiger partial charge in [0.25, 0.3) is 0 Å². The van der Waals surface area contributed by atoms with Crippen LogP contribution in [0, 0.1) is 0 Å². The van der Waals surface area contributed by atoms with E-state index < -0.39 is 12.0 Å². The van der Waals surface area contributed by atoms with Gasteiger partial charge in [0, 0.05) is 25.5 Å². The molecule has 1 saturated heterocycles. The van der Waals surface area contributed by atoms with Crippen LogP contribution in [-0.2, 0) is 9.53 Å². The van der Waals surface area contributed by atoms with Crippen LogP contribution in [-0.4, -0.2) is 47.3 Å². The van der Waals surface area contributed by atoms with E-state index >= 15 is 0 Å². The second-order valence-corrected chi connectivity index (χ2v) is 3.68. The van der Waals surface area contributed by atoms with Gasteiger partial charge < -0.3 is 9.84 Å². The zero-order valence-electron chi connectivity index (χ0n) is 8.87. The maximum atomic E-state index is 11.3. The Balaban J connectivity index is 2.20. The lowest BCUT2D eigenvalue weighted by Crippen LogP contribution is -2.42. The molecule has 1 atom stereocenters. The highest BCUT2D eigenvalue weighted by atomic mass is 16.5. The summed E-state index contributed by atoms with van der Waals surface area (Å²) in [4.78, 5) is 17.2. The number of hydrogen-bond donors (Lipinski definition) is 1. The van der Waals surface area contributed by atoms with Crippen molar-refractivity contribution < 1.29 is 14.6 Å². The molecule has 1 unspecified atom stereocenters. The molecule has 0 aromatic carbocycles. The van der Waals surface area contributed by atoms with Gasteiger partial charge >= 0.3 is 5.97 Å². The van der Waals surface area contributed by atoms with Crippen molar-refractivity contribution in [3.05, 3.63) is 30.1 Å². The Morgan fingerprint density at radius 2 is 2.25 bits per heavy atom. The Hall–Kier alpha value is -1.46. The van der Waals surface area contributed by atoms with Crippen LogP contribution in [0.2, 0.25) is 0 Å². The molecule has 1 aliphatic heterocycles. The average Bonchev–Trinajstić information content (AvgIpc) is 2.31. The van der Waals surface area contributed by atoms with E-state index in [1.54, 1.807) is 24.5 Å². The lowest BCUT2D eigenvalue weighted by molar-refractivity contribution is -0.145. The molecule has 5 nitrogen and oxygen atoms in total. The highest BCUT2D eigenvalue weighted by molar-refractivity contribution is 5.75. The number of carboxylic acids is 1. The molecule has 1 aliphatic rings. The van der Waals surface area contributed by atoms with Crippen LogP contribution in [0.15, 0.2) is 24.5 Å². The summed E-state index contributed by atoms with van der Waals surface area (Å²) >= 11 is 0. The van der Waals surface area contributed by atoms with Crippen LogP contribution in [0.3, 0.4) is 0 Å². The Kier molecular flexibility index (Phi) is 3.48. The summed E-state index contributed by atoms with van der Waals surface area (Å²) in [7, 11) is 0. The van der Waals surface area contributed by atoms with Gasteiger partial charge in [0.2, 0.25) is 0 Å². The van der Waals surface area contributed by atoms with E-state index in [4.69, 9.17) is 4.74 Å². The second-order valence-electron chi connectivity index (χ2n) is 3.68. The van der Waals surface area contributed by atoms with Crippen LogP contribution in [0.5, 0.6) is 0 Å². The number of pyridine rings is 1. The number of hydrogen-bond acceptors (Lipinski definition) is 4. The molecule has 0 spiro atoms. The minimum absolute atomic E-state index is 0.587. The molecule has 16 heavy (non-hydrogen) atoms. The lowest BCUT2D eigenvalue weighted by atomic mass is 10.1. The van der Waals surface area contributed by atoms with E-state index in [9.17, 15) is 9.90 Å². The number of nitrogens with zero attached hydrogens (tertiary/aromatic N) is 2. The van der Waals surface area contributed by atoms with Crippen molar-refractivity contribution in [3.63, 3.8) is 0 Å². The van der Waals surface area contributed by atoms with E-state index in [0.29, 0.717) is 26.3 Å². The zero-order valence-corrected chi connectivity index (χ0v) is 8.87. The first-order chi connectivity index (χ1) is 7.79. The van der Waals surface area contributed by atoms with Crippen LogP contribution in [0.25, 0.3) is 0 Å². The predicted molar refractivity (Wildman–Crippen MR) is 57.0 cm³/mol. The minimum atomic E-state index is -0.838. The fraction of sp³-hybridized carbons (Fsp3) is 0.455. The number of aliphatic carboxylic acids is 1. The third-order valence-corrected chi connectivity index (χ3v) is 2.64. The summed E-state index contributed by atoms with van der Waals surface area (Å²) in [6.07, 6.45) is 3.25. The molecule has 0 amide bonds. The van der Waals surface area contributed by atoms with Gasteiger partial charge in [-0.25, -0.2) is 0 Å². The molecule has 0 saturated carbocycles. The third kappa shape index (κ3) is 2.37. The Labute approximate surface area is 93.7 Å². The highest BCUT2D eigenvalue weighted by Gasteiger charge is 2.28. The van der Waals surface area contributed by atoms with Crippen molar-refractivity contribution in [1.82, 2.24) is 9.88 Å². The minimum Gasteiger partial charge on any atom is -0.480 e. The fourth-order valence-electron chi connectivity index (χ4n) is 1.88. The maximum Gasteiger partial charge on any atom is 0.325 e. The zero-order chi connectivity index (χ0) is 11.4. The molecule has 1 N–H and O–H groups in total. The molecule has 0 bridgehead atoms. The predicted octanol–water partition coefficient (Wildman–Crippen LogP) is 0.540. The van der Waals surface area contributed by atoms with Crippen LogP contribution >= 0.6 is 0 Å². The van der Waals surface area contributed by atoms with E-state index in [2.05, 4.69) is 4.98 Å². The summed E-state index contributed by atoms with van der Waals surface area (Å²) in [5, 5.41) is 9.27. The van der Waals surface area contributed by atoms with Gasteiger partial charge in [0.05, 0.1) is 13.2 Å². The second kappa shape index (κ2) is 5.05. The summed E-state index contributed by atoms with van der Waals surface area (Å²) in [6, 6.07) is 2.94. The molecule has 0 radical (unpaired) electrons. The number of carboxylic acid groups (broad SMARTS) is 1. The first kappa shape index (κ1) is 11.0. The van der Waals surface area contributed by atoms with E-state index in [1.165, 1.54) is 0 Å². The topological polar surface area (TPSA) is 62.7 Å². The molecule has 1 aromatic rings. The lowest BCUT2D eigenvalue weighted by Gasteiger charge is -2.31. The van der Waals surface area contributed by atoms with Crippen molar-refractivity contribution in [2.45, 2.75) is 6.04 Å². The van der Waals surface area contributed by atoms with Gasteiger partial charge in [-0.1, -0.05) is 6.07 Å². The number of aromatic nitrogens is 1. The van der Waals surface area contributed by atoms with Gasteiger partial charge in [0.1, 0.15) is 6.04 Å². The monoisotopic (exact) mass is 222 g/mol. The summed E-state index contributed by atoms with van der Waals surface area (Å²) in [6.45, 7) is 2.46. The van der Waals surface area contributed by atoms with Crippen molar-refractivity contribution in [3.8, 4) is 0 Å². The smallest absolute Gasteiger partial charge is 0.325 e. The standard InChI is InChI=1S/C11H14N2O3/c14-11(15)10(9-2-1-3-12-8-9)13-4-6-16-7-5-13/h1-3,8,10H,4-7H2,(H,14,15). The Morgan fingerprint density at radius 3 is 2.81 bits per heavy atom. The van der Waals surface area contributed by atoms with Gasteiger partial charge in [0.15, 0.2) is 0 Å². The number of ether oxygens (including phenoxy) is 1. The van der Waals surface area contributed by atoms with Crippen molar-refractivity contribution in [1.29, 1.82) is 0 Å². The molecule has 86 valence electrons. The summed E-state index contributed by atoms with van der Waals surface area (Å²) in [5.74, 6) is -0.838. The third-order valence-electron chi connectivity index (χ3n) is 2.64. The number of rotatable bonds is 3. The summed E-state index contributed by atoms with van der Waals surface area (Å²) in [5.41, 5.74) is 0.719. The van der Waals surface area contributed by atoms with Crippen molar-refractivity contribution in [2.75, 3.05) is 26.3 Å². The molecular formula is C11H14N2O3. The largest absolute Gasteiger partial charge is 0.480 e. The quantitative estimate of drug-likeness (QED) is 0.808. The van der Waals surface area contributed by atoms with Crippen molar-refractivity contribution >= 4 is 5.97 Å². The molecular weight excluding hydrogens is 208 g/mol. The average molecular weight is 222 g/mol. The SMILES string of the molecule is O=C(O)C(c1cccnc1)N1CCOCC1.